The fourth-order valence-corrected chi connectivity index (χ4v) is 5.27. The number of carbonyl (C=O) groups is 1. The average molecular weight is 578 g/mol. The van der Waals surface area contributed by atoms with Crippen LogP contribution in [-0.4, -0.2) is 33.7 Å². The molecule has 1 N–H and O–H groups in total. The zero-order valence-electron chi connectivity index (χ0n) is 21.7. The summed E-state index contributed by atoms with van der Waals surface area (Å²) in [7, 11) is -4.15. The summed E-state index contributed by atoms with van der Waals surface area (Å²) in [5.41, 5.74) is 4.42. The highest BCUT2D eigenvalue weighted by Gasteiger charge is 2.29. The van der Waals surface area contributed by atoms with Gasteiger partial charge in [-0.25, -0.2) is 13.8 Å². The van der Waals surface area contributed by atoms with Crippen molar-refractivity contribution in [2.24, 2.45) is 5.10 Å². The summed E-state index contributed by atoms with van der Waals surface area (Å²) in [6, 6.07) is 29.4. The largest absolute Gasteiger partial charge is 0.492 e. The Morgan fingerprint density at radius 3 is 2.27 bits per heavy atom. The van der Waals surface area contributed by atoms with E-state index in [1.54, 1.807) is 55.5 Å². The highest BCUT2D eigenvalue weighted by molar-refractivity contribution is 7.92. The molecule has 8 nitrogen and oxygen atoms in total. The third-order valence-corrected chi connectivity index (χ3v) is 7.68. The van der Waals surface area contributed by atoms with Gasteiger partial charge in [-0.3, -0.25) is 9.10 Å². The van der Waals surface area contributed by atoms with Gasteiger partial charge in [0.15, 0.2) is 0 Å². The van der Waals surface area contributed by atoms with Crippen LogP contribution in [0.15, 0.2) is 113 Å². The van der Waals surface area contributed by atoms with E-state index in [0.717, 1.165) is 15.4 Å². The lowest BCUT2D eigenvalue weighted by molar-refractivity contribution is -0.119. The molecule has 0 radical (unpaired) electrons. The van der Waals surface area contributed by atoms with Gasteiger partial charge in [0, 0.05) is 5.02 Å². The summed E-state index contributed by atoms with van der Waals surface area (Å²) in [6.07, 6.45) is 1.46. The van der Waals surface area contributed by atoms with E-state index in [1.165, 1.54) is 30.5 Å². The predicted octanol–water partition coefficient (Wildman–Crippen LogP) is 5.66. The first-order chi connectivity index (χ1) is 19.4. The van der Waals surface area contributed by atoms with Gasteiger partial charge in [0.2, 0.25) is 0 Å². The van der Waals surface area contributed by atoms with Gasteiger partial charge in [-0.2, -0.15) is 5.10 Å². The molecule has 10 heteroatoms. The van der Waals surface area contributed by atoms with Gasteiger partial charge >= 0.3 is 0 Å². The van der Waals surface area contributed by atoms with Crippen LogP contribution in [0.1, 0.15) is 18.1 Å². The van der Waals surface area contributed by atoms with Gasteiger partial charge in [-0.15, -0.1) is 0 Å². The number of amides is 1. The maximum atomic E-state index is 13.6. The van der Waals surface area contributed by atoms with Crippen LogP contribution in [0.5, 0.6) is 11.5 Å². The number of hydrogen-bond donors (Lipinski definition) is 1. The first-order valence-corrected chi connectivity index (χ1v) is 14.3. The lowest BCUT2D eigenvalue weighted by Crippen LogP contribution is -2.39. The molecule has 0 spiro atoms. The van der Waals surface area contributed by atoms with Crippen LogP contribution >= 0.6 is 11.6 Å². The quantitative estimate of drug-likeness (QED) is 0.173. The summed E-state index contributed by atoms with van der Waals surface area (Å²) in [5.74, 6) is 0.386. The topological polar surface area (TPSA) is 97.3 Å². The Bertz CT molecular complexity index is 1540. The normalized spacial score (nSPS) is 11.2. The number of nitrogens with one attached hydrogen (secondary N) is 1. The molecule has 4 aromatic rings. The summed E-state index contributed by atoms with van der Waals surface area (Å²) < 4.78 is 39.6. The molecule has 40 heavy (non-hydrogen) atoms. The first-order valence-electron chi connectivity index (χ1n) is 12.5. The second kappa shape index (κ2) is 13.6. The number of sulfonamides is 1. The molecule has 4 aromatic carbocycles. The van der Waals surface area contributed by atoms with Gasteiger partial charge in [0.1, 0.15) is 24.7 Å². The van der Waals surface area contributed by atoms with Crippen LogP contribution in [0.3, 0.4) is 0 Å². The Morgan fingerprint density at radius 1 is 0.900 bits per heavy atom. The van der Waals surface area contributed by atoms with E-state index >= 15 is 0 Å². The lowest BCUT2D eigenvalue weighted by Gasteiger charge is -2.25. The summed E-state index contributed by atoms with van der Waals surface area (Å²) >= 11 is 5.95. The molecule has 0 saturated heterocycles. The van der Waals surface area contributed by atoms with Crippen molar-refractivity contribution >= 4 is 39.4 Å². The van der Waals surface area contributed by atoms with E-state index in [2.05, 4.69) is 10.5 Å². The number of para-hydroxylation sites is 2. The Balaban J connectivity index is 1.45. The van der Waals surface area contributed by atoms with Crippen LogP contribution in [0.4, 0.5) is 5.69 Å². The molecule has 0 atom stereocenters. The zero-order valence-corrected chi connectivity index (χ0v) is 23.3. The zero-order chi connectivity index (χ0) is 28.4. The third-order valence-electron chi connectivity index (χ3n) is 5.65. The average Bonchev–Trinajstić information content (AvgIpc) is 2.97. The van der Waals surface area contributed by atoms with Crippen molar-refractivity contribution in [3.05, 3.63) is 119 Å². The van der Waals surface area contributed by atoms with E-state index in [4.69, 9.17) is 21.1 Å². The van der Waals surface area contributed by atoms with Crippen LogP contribution < -0.4 is 19.2 Å². The van der Waals surface area contributed by atoms with Gasteiger partial charge in [-0.1, -0.05) is 54.1 Å². The fourth-order valence-electron chi connectivity index (χ4n) is 3.71. The van der Waals surface area contributed by atoms with Crippen molar-refractivity contribution in [3.63, 3.8) is 0 Å². The summed E-state index contributed by atoms with van der Waals surface area (Å²) in [6.45, 7) is 2.03. The standard InChI is InChI=1S/C30H28ClN3O5S/c1-2-38-29-11-7-6-10-28(29)34(40(36,37)27-18-14-25(31)15-19-27)21-30(35)33-32-20-23-12-16-26(17-13-23)39-22-24-8-4-3-5-9-24/h3-20H,2,21-22H2,1H3,(H,33,35)/b32-20-. The fraction of sp³-hybridized carbons (Fsp3) is 0.133. The van der Waals surface area contributed by atoms with Gasteiger partial charge in [0.25, 0.3) is 15.9 Å². The van der Waals surface area contributed by atoms with E-state index in [9.17, 15) is 13.2 Å². The van der Waals surface area contributed by atoms with Gasteiger partial charge < -0.3 is 9.47 Å². The molecule has 0 aliphatic rings. The van der Waals surface area contributed by atoms with E-state index in [1.807, 2.05) is 30.3 Å². The van der Waals surface area contributed by atoms with E-state index < -0.39 is 22.5 Å². The third kappa shape index (κ3) is 7.62. The number of halogens is 1. The number of hydrazone groups is 1. The Kier molecular flexibility index (Phi) is 9.77. The predicted molar refractivity (Wildman–Crippen MR) is 157 cm³/mol. The van der Waals surface area contributed by atoms with Crippen LogP contribution in [0, 0.1) is 0 Å². The minimum absolute atomic E-state index is 0.0194. The minimum Gasteiger partial charge on any atom is -0.492 e. The highest BCUT2D eigenvalue weighted by atomic mass is 35.5. The monoisotopic (exact) mass is 577 g/mol. The lowest BCUT2D eigenvalue weighted by atomic mass is 10.2. The van der Waals surface area contributed by atoms with Crippen molar-refractivity contribution < 1.29 is 22.7 Å². The maximum absolute atomic E-state index is 13.6. The molecule has 0 fully saturated rings. The van der Waals surface area contributed by atoms with Crippen LogP contribution in [-0.2, 0) is 21.4 Å². The van der Waals surface area contributed by atoms with Gasteiger partial charge in [-0.05, 0) is 78.7 Å². The van der Waals surface area contributed by atoms with Crippen molar-refractivity contribution in [1.82, 2.24) is 5.43 Å². The summed E-state index contributed by atoms with van der Waals surface area (Å²) in [5, 5.41) is 4.39. The minimum atomic E-state index is -4.15. The molecular formula is C30H28ClN3O5S. The molecule has 0 heterocycles. The number of carbonyl (C=O) groups excluding carboxylic acids is 1. The molecule has 0 bridgehead atoms. The van der Waals surface area contributed by atoms with Crippen LogP contribution in [0.2, 0.25) is 5.02 Å². The maximum Gasteiger partial charge on any atom is 0.264 e. The Hall–Kier alpha value is -4.34. The van der Waals surface area contributed by atoms with E-state index in [0.29, 0.717) is 29.7 Å². The highest BCUT2D eigenvalue weighted by Crippen LogP contribution is 2.32. The van der Waals surface area contributed by atoms with Crippen molar-refractivity contribution in [2.75, 3.05) is 17.5 Å². The first kappa shape index (κ1) is 28.7. The molecule has 1 amide bonds. The molecule has 0 aliphatic heterocycles. The number of anilines is 1. The molecule has 4 rings (SSSR count). The van der Waals surface area contributed by atoms with Crippen molar-refractivity contribution in [3.8, 4) is 11.5 Å². The van der Waals surface area contributed by atoms with Crippen molar-refractivity contribution in [1.29, 1.82) is 0 Å². The smallest absolute Gasteiger partial charge is 0.264 e. The van der Waals surface area contributed by atoms with E-state index in [-0.39, 0.29) is 10.6 Å². The molecule has 0 saturated carbocycles. The van der Waals surface area contributed by atoms with Gasteiger partial charge in [0.05, 0.1) is 23.4 Å². The second-order valence-electron chi connectivity index (χ2n) is 8.50. The summed E-state index contributed by atoms with van der Waals surface area (Å²) in [4.78, 5) is 12.9. The number of hydrogen-bond acceptors (Lipinski definition) is 6. The number of benzene rings is 4. The number of ether oxygens (including phenoxy) is 2. The SMILES string of the molecule is CCOc1ccccc1N(CC(=O)N/N=C\c1ccc(OCc2ccccc2)cc1)S(=O)(=O)c1ccc(Cl)cc1. The number of rotatable bonds is 12. The second-order valence-corrected chi connectivity index (χ2v) is 10.8. The Morgan fingerprint density at radius 2 is 1.57 bits per heavy atom. The molecule has 0 unspecified atom stereocenters. The van der Waals surface area contributed by atoms with Crippen LogP contribution in [0.25, 0.3) is 0 Å². The molecule has 0 aliphatic carbocycles. The number of nitrogens with zero attached hydrogens (tertiary/aromatic N) is 2. The molecule has 0 aromatic heterocycles. The molecule has 206 valence electrons. The van der Waals surface area contributed by atoms with Crippen molar-refractivity contribution in [2.45, 2.75) is 18.4 Å². The Labute approximate surface area is 238 Å². The molecular weight excluding hydrogens is 550 g/mol.